The van der Waals surface area contributed by atoms with E-state index >= 15 is 0 Å². The number of alkyl halides is 3. The zero-order valence-corrected chi connectivity index (χ0v) is 17.7. The molecule has 0 saturated carbocycles. The molecule has 0 amide bonds. The first-order valence-corrected chi connectivity index (χ1v) is 10.8. The Morgan fingerprint density at radius 3 is 2.50 bits per heavy atom. The molecule has 2 saturated heterocycles. The first-order valence-electron chi connectivity index (χ1n) is 10.8. The topological polar surface area (TPSA) is 76.9 Å². The van der Waals surface area contributed by atoms with Crippen LogP contribution in [0.5, 0.6) is 0 Å². The van der Waals surface area contributed by atoms with Crippen LogP contribution in [0.1, 0.15) is 26.2 Å². The Hall–Kier alpha value is -2.21. The van der Waals surface area contributed by atoms with Crippen molar-refractivity contribution in [3.05, 3.63) is 16.2 Å². The summed E-state index contributed by atoms with van der Waals surface area (Å²) < 4.78 is 68.1. The highest BCUT2D eigenvalue weighted by atomic mass is 19.4. The summed E-state index contributed by atoms with van der Waals surface area (Å²) in [4.78, 5) is 32.2. The van der Waals surface area contributed by atoms with Crippen molar-refractivity contribution in [2.24, 2.45) is 5.92 Å². The average molecular weight is 462 g/mol. The van der Waals surface area contributed by atoms with E-state index in [9.17, 15) is 27.2 Å². The predicted molar refractivity (Wildman–Crippen MR) is 106 cm³/mol. The molecule has 0 N–H and O–H groups in total. The summed E-state index contributed by atoms with van der Waals surface area (Å²) in [7, 11) is 0. The summed E-state index contributed by atoms with van der Waals surface area (Å²) >= 11 is 0. The molecule has 1 aromatic rings. The first-order chi connectivity index (χ1) is 15.2. The molecule has 2 fully saturated rings. The van der Waals surface area contributed by atoms with E-state index in [-0.39, 0.29) is 49.9 Å². The monoisotopic (exact) mass is 462 g/mol. The van der Waals surface area contributed by atoms with Gasteiger partial charge in [-0.15, -0.1) is 0 Å². The van der Waals surface area contributed by atoms with Crippen LogP contribution in [0.2, 0.25) is 0 Å². The van der Waals surface area contributed by atoms with E-state index < -0.39 is 42.5 Å². The second kappa shape index (κ2) is 8.97. The van der Waals surface area contributed by atoms with Gasteiger partial charge >= 0.3 is 6.18 Å². The fourth-order valence-corrected chi connectivity index (χ4v) is 4.55. The number of morpholine rings is 1. The van der Waals surface area contributed by atoms with Crippen molar-refractivity contribution in [1.82, 2.24) is 9.55 Å². The zero-order valence-electron chi connectivity index (χ0n) is 17.7. The van der Waals surface area contributed by atoms with Gasteiger partial charge in [0.1, 0.15) is 6.04 Å². The number of ether oxygens (including phenoxy) is 2. The Bertz CT molecular complexity index is 916. The lowest BCUT2D eigenvalue weighted by atomic mass is 9.94. The Labute approximate surface area is 182 Å². The smallest absolute Gasteiger partial charge is 0.381 e. The largest absolute Gasteiger partial charge is 0.408 e. The van der Waals surface area contributed by atoms with E-state index in [1.54, 1.807) is 6.92 Å². The van der Waals surface area contributed by atoms with E-state index in [0.29, 0.717) is 26.1 Å². The van der Waals surface area contributed by atoms with E-state index in [1.807, 2.05) is 0 Å². The number of hydrogen-bond donors (Lipinski definition) is 0. The summed E-state index contributed by atoms with van der Waals surface area (Å²) in [5.41, 5.74) is -1.03. The molecule has 0 bridgehead atoms. The van der Waals surface area contributed by atoms with Crippen LogP contribution in [0.15, 0.2) is 4.79 Å². The number of hydrogen-bond acceptors (Lipinski definition) is 7. The van der Waals surface area contributed by atoms with Crippen molar-refractivity contribution in [2.45, 2.75) is 51.0 Å². The van der Waals surface area contributed by atoms with Crippen molar-refractivity contribution >= 4 is 17.5 Å². The number of nitrogens with zero attached hydrogens (tertiary/aromatic N) is 4. The normalized spacial score (nSPS) is 25.0. The van der Waals surface area contributed by atoms with Gasteiger partial charge in [-0.1, -0.05) is 0 Å². The van der Waals surface area contributed by atoms with Gasteiger partial charge in [0.2, 0.25) is 11.8 Å². The lowest BCUT2D eigenvalue weighted by molar-refractivity contribution is -0.153. The fraction of sp³-hybridized carbons (Fsp3) is 0.750. The molecule has 0 radical (unpaired) electrons. The number of Topliss-reactive ketones (excluding diaryl/α,β-unsaturated/α-hetero) is 1. The lowest BCUT2D eigenvalue weighted by Crippen LogP contribution is -2.55. The van der Waals surface area contributed by atoms with Gasteiger partial charge in [-0.2, -0.15) is 22.5 Å². The number of rotatable bonds is 4. The molecule has 3 aliphatic heterocycles. The van der Waals surface area contributed by atoms with Crippen LogP contribution in [0.4, 0.5) is 29.3 Å². The minimum absolute atomic E-state index is 0.248. The molecule has 3 aliphatic rings. The van der Waals surface area contributed by atoms with Crippen molar-refractivity contribution in [1.29, 1.82) is 0 Å². The standard InChI is InChI=1S/C20H26F4N4O4/c1-12-11-32-9-6-26(12)17-16(21)18(30)27-5-2-15(20(22,23)24)28(19(27)25-17)10-14(29)13-3-7-31-8-4-13/h12-13,15H,2-11H2,1H3/t12-,15+/m1/s1. The molecular formula is C20H26F4N4O4. The van der Waals surface area contributed by atoms with E-state index in [4.69, 9.17) is 9.47 Å². The molecule has 4 rings (SSSR count). The van der Waals surface area contributed by atoms with Crippen LogP contribution in [-0.2, 0) is 20.8 Å². The van der Waals surface area contributed by atoms with Crippen molar-refractivity contribution in [2.75, 3.05) is 49.3 Å². The third kappa shape index (κ3) is 4.34. The number of halogens is 4. The number of carbonyl (C=O) groups is 1. The molecule has 4 heterocycles. The first kappa shape index (κ1) is 23.0. The van der Waals surface area contributed by atoms with Crippen molar-refractivity contribution in [3.63, 3.8) is 0 Å². The maximum Gasteiger partial charge on any atom is 0.408 e. The van der Waals surface area contributed by atoms with Crippen LogP contribution in [0, 0.1) is 11.7 Å². The van der Waals surface area contributed by atoms with E-state index in [2.05, 4.69) is 4.98 Å². The second-order valence-electron chi connectivity index (χ2n) is 8.45. The molecule has 12 heteroatoms. The van der Waals surface area contributed by atoms with Crippen LogP contribution < -0.4 is 15.4 Å². The highest BCUT2D eigenvalue weighted by Gasteiger charge is 2.48. The molecule has 0 aliphatic carbocycles. The van der Waals surface area contributed by atoms with Gasteiger partial charge < -0.3 is 19.3 Å². The van der Waals surface area contributed by atoms with Gasteiger partial charge in [0.05, 0.1) is 25.8 Å². The van der Waals surface area contributed by atoms with E-state index in [0.717, 1.165) is 9.47 Å². The lowest BCUT2D eigenvalue weighted by Gasteiger charge is -2.40. The van der Waals surface area contributed by atoms with Crippen LogP contribution in [-0.4, -0.2) is 73.1 Å². The molecule has 178 valence electrons. The maximum atomic E-state index is 15.0. The quantitative estimate of drug-likeness (QED) is 0.631. The average Bonchev–Trinajstić information content (AvgIpc) is 2.76. The molecule has 8 nitrogen and oxygen atoms in total. The molecule has 32 heavy (non-hydrogen) atoms. The van der Waals surface area contributed by atoms with Gasteiger partial charge in [-0.05, 0) is 26.2 Å². The summed E-state index contributed by atoms with van der Waals surface area (Å²) in [6, 6.07) is -2.30. The number of aromatic nitrogens is 2. The Kier molecular flexibility index (Phi) is 6.44. The molecule has 0 spiro atoms. The molecular weight excluding hydrogens is 436 g/mol. The third-order valence-electron chi connectivity index (χ3n) is 6.36. The van der Waals surface area contributed by atoms with Gasteiger partial charge in [0.25, 0.3) is 5.56 Å². The minimum Gasteiger partial charge on any atom is -0.381 e. The Morgan fingerprint density at radius 2 is 1.84 bits per heavy atom. The SMILES string of the molecule is C[C@@H]1COCCN1c1nc2n(c(=O)c1F)CC[C@@H](C(F)(F)F)N2CC(=O)C1CCOCC1. The predicted octanol–water partition coefficient (Wildman–Crippen LogP) is 1.74. The summed E-state index contributed by atoms with van der Waals surface area (Å²) in [6.45, 7) is 2.42. The maximum absolute atomic E-state index is 15.0. The Morgan fingerprint density at radius 1 is 1.12 bits per heavy atom. The molecule has 1 aromatic heterocycles. The van der Waals surface area contributed by atoms with E-state index in [1.165, 1.54) is 4.90 Å². The van der Waals surface area contributed by atoms with Gasteiger partial charge in [0.15, 0.2) is 11.6 Å². The number of ketones is 1. The highest BCUT2D eigenvalue weighted by molar-refractivity contribution is 5.85. The summed E-state index contributed by atoms with van der Waals surface area (Å²) in [5, 5.41) is 0. The van der Waals surface area contributed by atoms with Crippen LogP contribution in [0.3, 0.4) is 0 Å². The second-order valence-corrected chi connectivity index (χ2v) is 8.45. The summed E-state index contributed by atoms with van der Waals surface area (Å²) in [5.74, 6) is -2.51. The fourth-order valence-electron chi connectivity index (χ4n) is 4.55. The van der Waals surface area contributed by atoms with Crippen LogP contribution in [0.25, 0.3) is 0 Å². The third-order valence-corrected chi connectivity index (χ3v) is 6.36. The molecule has 0 unspecified atom stereocenters. The number of fused-ring (bicyclic) bond motifs is 1. The van der Waals surface area contributed by atoms with Gasteiger partial charge in [-0.3, -0.25) is 14.2 Å². The van der Waals surface area contributed by atoms with Crippen molar-refractivity contribution in [3.8, 4) is 0 Å². The highest BCUT2D eigenvalue weighted by Crippen LogP contribution is 2.35. The number of anilines is 2. The van der Waals surface area contributed by atoms with Gasteiger partial charge in [0, 0.05) is 32.2 Å². The summed E-state index contributed by atoms with van der Waals surface area (Å²) in [6.07, 6.45) is -4.24. The minimum atomic E-state index is -4.64. The Balaban J connectivity index is 1.75. The zero-order chi connectivity index (χ0) is 23.0. The van der Waals surface area contributed by atoms with Gasteiger partial charge in [-0.25, -0.2) is 0 Å². The van der Waals surface area contributed by atoms with Crippen molar-refractivity contribution < 1.29 is 31.8 Å². The molecule has 2 atom stereocenters. The number of carbonyl (C=O) groups excluding carboxylic acids is 1. The van der Waals surface area contributed by atoms with Crippen LogP contribution >= 0.6 is 0 Å². The molecule has 0 aromatic carbocycles.